The molecule has 3 aromatic carbocycles. The lowest BCUT2D eigenvalue weighted by Crippen LogP contribution is -2.31. The summed E-state index contributed by atoms with van der Waals surface area (Å²) < 4.78 is 5.48. The van der Waals surface area contributed by atoms with Crippen LogP contribution in [0.25, 0.3) is 10.8 Å². The van der Waals surface area contributed by atoms with Crippen LogP contribution in [0.15, 0.2) is 66.7 Å². The van der Waals surface area contributed by atoms with E-state index in [1.807, 2.05) is 36.4 Å². The van der Waals surface area contributed by atoms with E-state index >= 15 is 0 Å². The molecule has 0 unspecified atom stereocenters. The van der Waals surface area contributed by atoms with Crippen molar-refractivity contribution >= 4 is 28.6 Å². The van der Waals surface area contributed by atoms with Crippen LogP contribution in [0.4, 0.5) is 0 Å². The summed E-state index contributed by atoms with van der Waals surface area (Å²) in [6, 6.07) is 20.0. The van der Waals surface area contributed by atoms with E-state index in [0.717, 1.165) is 10.8 Å². The third kappa shape index (κ3) is 3.19. The fraction of sp³-hybridized carbons (Fsp3) is 0.136. The Labute approximate surface area is 156 Å². The number of imide groups is 1. The van der Waals surface area contributed by atoms with Crippen LogP contribution in [-0.2, 0) is 4.79 Å². The number of fused-ring (bicyclic) bond motifs is 2. The molecule has 1 heterocycles. The summed E-state index contributed by atoms with van der Waals surface area (Å²) in [5, 5.41) is 1.86. The maximum Gasteiger partial charge on any atom is 0.311 e. The zero-order valence-electron chi connectivity index (χ0n) is 14.6. The zero-order chi connectivity index (χ0) is 18.8. The molecule has 0 saturated carbocycles. The quantitative estimate of drug-likeness (QED) is 0.395. The number of hydrogen-bond donors (Lipinski definition) is 0. The number of nitrogens with zero attached hydrogens (tertiary/aromatic N) is 1. The highest BCUT2D eigenvalue weighted by Gasteiger charge is 2.34. The monoisotopic (exact) mass is 359 g/mol. The lowest BCUT2D eigenvalue weighted by Gasteiger charge is -2.13. The first-order valence-corrected chi connectivity index (χ1v) is 8.79. The van der Waals surface area contributed by atoms with Crippen LogP contribution in [0, 0.1) is 0 Å². The minimum atomic E-state index is -0.386. The highest BCUT2D eigenvalue weighted by Crippen LogP contribution is 2.26. The van der Waals surface area contributed by atoms with E-state index in [0.29, 0.717) is 23.3 Å². The molecule has 0 radical (unpaired) electrons. The predicted octanol–water partition coefficient (Wildman–Crippen LogP) is 3.82. The van der Waals surface area contributed by atoms with Gasteiger partial charge in [-0.2, -0.15) is 0 Å². The van der Waals surface area contributed by atoms with Gasteiger partial charge in [-0.15, -0.1) is 0 Å². The van der Waals surface area contributed by atoms with Gasteiger partial charge in [-0.25, -0.2) is 0 Å². The highest BCUT2D eigenvalue weighted by atomic mass is 16.5. The van der Waals surface area contributed by atoms with Crippen molar-refractivity contribution in [3.63, 3.8) is 0 Å². The maximum absolute atomic E-state index is 12.3. The Hall–Kier alpha value is -3.47. The molecule has 0 spiro atoms. The molecule has 134 valence electrons. The molecule has 0 fully saturated rings. The fourth-order valence-corrected chi connectivity index (χ4v) is 3.28. The second kappa shape index (κ2) is 7.03. The van der Waals surface area contributed by atoms with Crippen molar-refractivity contribution in [1.82, 2.24) is 4.90 Å². The van der Waals surface area contributed by atoms with Crippen molar-refractivity contribution < 1.29 is 19.1 Å². The van der Waals surface area contributed by atoms with Gasteiger partial charge in [0.25, 0.3) is 11.8 Å². The molecule has 27 heavy (non-hydrogen) atoms. The number of hydrogen-bond acceptors (Lipinski definition) is 4. The number of benzene rings is 3. The first-order valence-electron chi connectivity index (χ1n) is 8.79. The molecule has 2 amide bonds. The molecule has 0 saturated heterocycles. The molecule has 4 rings (SSSR count). The molecular formula is C22H17NO4. The smallest absolute Gasteiger partial charge is 0.311 e. The summed E-state index contributed by atoms with van der Waals surface area (Å²) in [6.07, 6.45) is 0.478. The number of esters is 1. The Bertz CT molecular complexity index is 1020. The van der Waals surface area contributed by atoms with Gasteiger partial charge >= 0.3 is 5.97 Å². The molecule has 5 nitrogen and oxygen atoms in total. The fourth-order valence-electron chi connectivity index (χ4n) is 3.28. The molecule has 1 aliphatic rings. The van der Waals surface area contributed by atoms with Crippen molar-refractivity contribution in [2.24, 2.45) is 0 Å². The lowest BCUT2D eigenvalue weighted by molar-refractivity contribution is -0.134. The van der Waals surface area contributed by atoms with Gasteiger partial charge in [0, 0.05) is 18.4 Å². The van der Waals surface area contributed by atoms with Crippen molar-refractivity contribution in [3.05, 3.63) is 77.9 Å². The molecule has 0 aromatic heterocycles. The standard InChI is InChI=1S/C22H17NO4/c24-20(27-19-12-5-8-15-7-1-2-9-16(15)19)13-6-14-23-21(25)17-10-3-4-11-18(17)22(23)26/h1-5,7-12H,6,13-14H2. The molecule has 0 atom stereocenters. The summed E-state index contributed by atoms with van der Waals surface area (Å²) in [5.74, 6) is -0.488. The third-order valence-electron chi connectivity index (χ3n) is 4.61. The van der Waals surface area contributed by atoms with E-state index < -0.39 is 0 Å². The topological polar surface area (TPSA) is 63.7 Å². The second-order valence-electron chi connectivity index (χ2n) is 6.36. The summed E-state index contributed by atoms with van der Waals surface area (Å²) in [7, 11) is 0. The second-order valence-corrected chi connectivity index (χ2v) is 6.36. The highest BCUT2D eigenvalue weighted by molar-refractivity contribution is 6.21. The van der Waals surface area contributed by atoms with E-state index in [4.69, 9.17) is 4.74 Å². The first-order chi connectivity index (χ1) is 13.1. The van der Waals surface area contributed by atoms with Crippen molar-refractivity contribution in [2.75, 3.05) is 6.54 Å². The van der Waals surface area contributed by atoms with Crippen LogP contribution >= 0.6 is 0 Å². The molecule has 0 bridgehead atoms. The van der Waals surface area contributed by atoms with E-state index in [1.54, 1.807) is 30.3 Å². The van der Waals surface area contributed by atoms with Gasteiger partial charge < -0.3 is 4.74 Å². The van der Waals surface area contributed by atoms with Crippen LogP contribution in [0.3, 0.4) is 0 Å². The minimum absolute atomic E-state index is 0.122. The number of carbonyl (C=O) groups excluding carboxylic acids is 3. The first kappa shape index (κ1) is 17.0. The van der Waals surface area contributed by atoms with Gasteiger partial charge in [0.15, 0.2) is 0 Å². The average molecular weight is 359 g/mol. The van der Waals surface area contributed by atoms with Gasteiger partial charge in [0.1, 0.15) is 5.75 Å². The third-order valence-corrected chi connectivity index (χ3v) is 4.61. The average Bonchev–Trinajstić information content (AvgIpc) is 2.93. The Kier molecular flexibility index (Phi) is 4.42. The number of amides is 2. The molecule has 0 N–H and O–H groups in total. The number of rotatable bonds is 5. The summed E-state index contributed by atoms with van der Waals surface area (Å²) in [6.45, 7) is 0.191. The van der Waals surface area contributed by atoms with Crippen molar-refractivity contribution in [1.29, 1.82) is 0 Å². The molecular weight excluding hydrogens is 342 g/mol. The largest absolute Gasteiger partial charge is 0.426 e. The lowest BCUT2D eigenvalue weighted by atomic mass is 10.1. The van der Waals surface area contributed by atoms with Crippen LogP contribution in [0.5, 0.6) is 5.75 Å². The Balaban J connectivity index is 1.37. The summed E-state index contributed by atoms with van der Waals surface area (Å²) in [4.78, 5) is 38.0. The van der Waals surface area contributed by atoms with Crippen LogP contribution in [0.2, 0.25) is 0 Å². The Morgan fingerprint density at radius 2 is 1.44 bits per heavy atom. The van der Waals surface area contributed by atoms with E-state index in [9.17, 15) is 14.4 Å². The van der Waals surface area contributed by atoms with Gasteiger partial charge in [0.2, 0.25) is 0 Å². The molecule has 0 aliphatic carbocycles. The van der Waals surface area contributed by atoms with Crippen molar-refractivity contribution in [3.8, 4) is 5.75 Å². The van der Waals surface area contributed by atoms with Crippen LogP contribution in [0.1, 0.15) is 33.6 Å². The molecule has 1 aliphatic heterocycles. The van der Waals surface area contributed by atoms with Gasteiger partial charge in [-0.05, 0) is 30.0 Å². The molecule has 3 aromatic rings. The SMILES string of the molecule is O=C(CCCN1C(=O)c2ccccc2C1=O)Oc1cccc2ccccc12. The van der Waals surface area contributed by atoms with E-state index in [-0.39, 0.29) is 30.7 Å². The summed E-state index contributed by atoms with van der Waals surface area (Å²) >= 11 is 0. The van der Waals surface area contributed by atoms with Crippen LogP contribution in [-0.4, -0.2) is 29.2 Å². The van der Waals surface area contributed by atoms with Gasteiger partial charge in [-0.1, -0.05) is 48.5 Å². The summed E-state index contributed by atoms with van der Waals surface area (Å²) in [5.41, 5.74) is 0.835. The van der Waals surface area contributed by atoms with E-state index in [1.165, 1.54) is 4.90 Å². The van der Waals surface area contributed by atoms with E-state index in [2.05, 4.69) is 0 Å². The Morgan fingerprint density at radius 1 is 0.815 bits per heavy atom. The van der Waals surface area contributed by atoms with Crippen molar-refractivity contribution in [2.45, 2.75) is 12.8 Å². The van der Waals surface area contributed by atoms with Gasteiger partial charge in [0.05, 0.1) is 11.1 Å². The minimum Gasteiger partial charge on any atom is -0.426 e. The van der Waals surface area contributed by atoms with Gasteiger partial charge in [-0.3, -0.25) is 19.3 Å². The number of carbonyl (C=O) groups is 3. The maximum atomic E-state index is 12.3. The Morgan fingerprint density at radius 3 is 2.19 bits per heavy atom. The number of ether oxygens (including phenoxy) is 1. The zero-order valence-corrected chi connectivity index (χ0v) is 14.6. The predicted molar refractivity (Wildman–Crippen MR) is 101 cm³/mol. The normalized spacial score (nSPS) is 13.1. The van der Waals surface area contributed by atoms with Crippen LogP contribution < -0.4 is 4.74 Å². The molecule has 5 heteroatoms.